The molecular formula is C26H28N6OS. The fourth-order valence-electron chi connectivity index (χ4n) is 3.75. The molecule has 0 spiro atoms. The molecule has 0 unspecified atom stereocenters. The van der Waals surface area contributed by atoms with Gasteiger partial charge in [0, 0.05) is 42.4 Å². The van der Waals surface area contributed by atoms with Gasteiger partial charge in [-0.15, -0.1) is 10.2 Å². The first-order valence-electron chi connectivity index (χ1n) is 11.3. The minimum atomic E-state index is -0.0922. The topological polar surface area (TPSA) is 75.9 Å². The van der Waals surface area contributed by atoms with Gasteiger partial charge in [-0.05, 0) is 68.8 Å². The van der Waals surface area contributed by atoms with Crippen molar-refractivity contribution in [3.05, 3.63) is 78.6 Å². The van der Waals surface area contributed by atoms with E-state index in [0.717, 1.165) is 41.3 Å². The molecule has 1 N–H and O–H groups in total. The Morgan fingerprint density at radius 1 is 0.971 bits per heavy atom. The molecule has 8 heteroatoms. The first kappa shape index (κ1) is 23.5. The molecular weight excluding hydrogens is 444 g/mol. The fourth-order valence-corrected chi connectivity index (χ4v) is 4.50. The lowest BCUT2D eigenvalue weighted by Gasteiger charge is -2.21. The number of pyridine rings is 1. The van der Waals surface area contributed by atoms with Gasteiger partial charge in [-0.1, -0.05) is 30.0 Å². The van der Waals surface area contributed by atoms with Crippen LogP contribution in [0.2, 0.25) is 0 Å². The predicted molar refractivity (Wildman–Crippen MR) is 139 cm³/mol. The second-order valence-electron chi connectivity index (χ2n) is 7.72. The molecule has 4 rings (SSSR count). The predicted octanol–water partition coefficient (Wildman–Crippen LogP) is 5.21. The van der Waals surface area contributed by atoms with Crippen LogP contribution in [0.1, 0.15) is 19.4 Å². The number of carbonyl (C=O) groups is 1. The Bertz CT molecular complexity index is 1240. The zero-order valence-electron chi connectivity index (χ0n) is 19.6. The number of nitrogens with one attached hydrogen (secondary N) is 1. The molecule has 0 aliphatic rings. The third kappa shape index (κ3) is 5.28. The Morgan fingerprint density at radius 3 is 2.35 bits per heavy atom. The zero-order valence-corrected chi connectivity index (χ0v) is 20.4. The third-order valence-electron chi connectivity index (χ3n) is 5.54. The van der Waals surface area contributed by atoms with Crippen LogP contribution in [0.4, 0.5) is 11.4 Å². The maximum absolute atomic E-state index is 12.7. The number of hydrogen-bond acceptors (Lipinski definition) is 6. The van der Waals surface area contributed by atoms with Gasteiger partial charge in [-0.2, -0.15) is 0 Å². The van der Waals surface area contributed by atoms with Gasteiger partial charge in [-0.25, -0.2) is 0 Å². The highest BCUT2D eigenvalue weighted by Gasteiger charge is 2.18. The average molecular weight is 473 g/mol. The summed E-state index contributed by atoms with van der Waals surface area (Å²) in [5.74, 6) is 0.843. The normalized spacial score (nSPS) is 10.8. The van der Waals surface area contributed by atoms with E-state index in [1.807, 2.05) is 59.2 Å². The number of para-hydroxylation sites is 1. The van der Waals surface area contributed by atoms with Crippen molar-refractivity contribution in [3.63, 3.8) is 0 Å². The molecule has 4 aromatic rings. The second kappa shape index (κ2) is 11.0. The first-order chi connectivity index (χ1) is 16.6. The lowest BCUT2D eigenvalue weighted by molar-refractivity contribution is -0.113. The van der Waals surface area contributed by atoms with Crippen molar-refractivity contribution in [1.29, 1.82) is 0 Å². The molecule has 0 radical (unpaired) electrons. The standard InChI is InChI=1S/C26H28N6OS/c1-4-31(5-2)22-12-10-21(11-13-22)28-24(33)18-34-26-30-29-25(20-14-16-27-17-15-20)32(26)23-9-7-6-8-19(23)3/h6-17H,4-5,18H2,1-3H3,(H,28,33). The van der Waals surface area contributed by atoms with E-state index in [1.165, 1.54) is 11.8 Å². The van der Waals surface area contributed by atoms with Crippen LogP contribution in [0.15, 0.2) is 78.2 Å². The Hall–Kier alpha value is -3.65. The number of benzene rings is 2. The molecule has 0 bridgehead atoms. The minimum absolute atomic E-state index is 0.0922. The Balaban J connectivity index is 1.51. The molecule has 0 aliphatic heterocycles. The Kier molecular flexibility index (Phi) is 7.59. The summed E-state index contributed by atoms with van der Waals surface area (Å²) in [5, 5.41) is 12.5. The van der Waals surface area contributed by atoms with Gasteiger partial charge >= 0.3 is 0 Å². The lowest BCUT2D eigenvalue weighted by atomic mass is 10.2. The number of aryl methyl sites for hydroxylation is 1. The third-order valence-corrected chi connectivity index (χ3v) is 6.47. The summed E-state index contributed by atoms with van der Waals surface area (Å²) >= 11 is 1.36. The van der Waals surface area contributed by atoms with Gasteiger partial charge < -0.3 is 10.2 Å². The van der Waals surface area contributed by atoms with Crippen molar-refractivity contribution in [2.75, 3.05) is 29.1 Å². The maximum Gasteiger partial charge on any atom is 0.234 e. The van der Waals surface area contributed by atoms with Crippen molar-refractivity contribution in [2.45, 2.75) is 25.9 Å². The maximum atomic E-state index is 12.7. The largest absolute Gasteiger partial charge is 0.372 e. The quantitative estimate of drug-likeness (QED) is 0.337. The van der Waals surface area contributed by atoms with E-state index >= 15 is 0 Å². The summed E-state index contributed by atoms with van der Waals surface area (Å²) in [6, 6.07) is 19.8. The van der Waals surface area contributed by atoms with E-state index in [2.05, 4.69) is 52.2 Å². The molecule has 2 heterocycles. The molecule has 0 atom stereocenters. The van der Waals surface area contributed by atoms with Gasteiger partial charge in [0.15, 0.2) is 11.0 Å². The van der Waals surface area contributed by atoms with Gasteiger partial charge in [0.2, 0.25) is 5.91 Å². The van der Waals surface area contributed by atoms with E-state index in [1.54, 1.807) is 12.4 Å². The van der Waals surface area contributed by atoms with Gasteiger partial charge in [0.05, 0.1) is 11.4 Å². The molecule has 0 saturated heterocycles. The summed E-state index contributed by atoms with van der Waals surface area (Å²) in [6.45, 7) is 8.21. The molecule has 2 aromatic heterocycles. The van der Waals surface area contributed by atoms with Crippen LogP contribution in [-0.2, 0) is 4.79 Å². The molecule has 174 valence electrons. The monoisotopic (exact) mass is 472 g/mol. The highest BCUT2D eigenvalue weighted by molar-refractivity contribution is 7.99. The smallest absolute Gasteiger partial charge is 0.234 e. The van der Waals surface area contributed by atoms with Crippen molar-refractivity contribution in [3.8, 4) is 17.1 Å². The highest BCUT2D eigenvalue weighted by atomic mass is 32.2. The molecule has 0 fully saturated rings. The summed E-state index contributed by atoms with van der Waals surface area (Å²) < 4.78 is 2.00. The minimum Gasteiger partial charge on any atom is -0.372 e. The second-order valence-corrected chi connectivity index (χ2v) is 8.66. The summed E-state index contributed by atoms with van der Waals surface area (Å²) in [5.41, 5.74) is 4.91. The van der Waals surface area contributed by atoms with Gasteiger partial charge in [-0.3, -0.25) is 14.3 Å². The molecule has 1 amide bonds. The highest BCUT2D eigenvalue weighted by Crippen LogP contribution is 2.29. The van der Waals surface area contributed by atoms with Crippen LogP contribution >= 0.6 is 11.8 Å². The average Bonchev–Trinajstić information content (AvgIpc) is 3.29. The number of amides is 1. The van der Waals surface area contributed by atoms with Gasteiger partial charge in [0.1, 0.15) is 0 Å². The molecule has 0 aliphatic carbocycles. The number of anilines is 2. The van der Waals surface area contributed by atoms with E-state index in [4.69, 9.17) is 0 Å². The molecule has 0 saturated carbocycles. The van der Waals surface area contributed by atoms with E-state index in [0.29, 0.717) is 11.0 Å². The fraction of sp³-hybridized carbons (Fsp3) is 0.231. The lowest BCUT2D eigenvalue weighted by Crippen LogP contribution is -2.21. The van der Waals surface area contributed by atoms with Crippen LogP contribution < -0.4 is 10.2 Å². The zero-order chi connectivity index (χ0) is 23.9. The number of thioether (sulfide) groups is 1. The number of nitrogens with zero attached hydrogens (tertiary/aromatic N) is 5. The number of aromatic nitrogens is 4. The van der Waals surface area contributed by atoms with E-state index in [9.17, 15) is 4.79 Å². The van der Waals surface area contributed by atoms with Crippen molar-refractivity contribution in [1.82, 2.24) is 19.7 Å². The SMILES string of the molecule is CCN(CC)c1ccc(NC(=O)CSc2nnc(-c3ccncc3)n2-c2ccccc2C)cc1. The number of hydrogen-bond donors (Lipinski definition) is 1. The van der Waals surface area contributed by atoms with Crippen molar-refractivity contribution >= 4 is 29.0 Å². The summed E-state index contributed by atoms with van der Waals surface area (Å²) in [7, 11) is 0. The van der Waals surface area contributed by atoms with E-state index in [-0.39, 0.29) is 11.7 Å². The van der Waals surface area contributed by atoms with Crippen LogP contribution in [0.3, 0.4) is 0 Å². The van der Waals surface area contributed by atoms with Crippen LogP contribution in [0.25, 0.3) is 17.1 Å². The Labute approximate surface area is 204 Å². The summed E-state index contributed by atoms with van der Waals surface area (Å²) in [6.07, 6.45) is 3.47. The number of rotatable bonds is 9. The van der Waals surface area contributed by atoms with Crippen molar-refractivity contribution in [2.24, 2.45) is 0 Å². The van der Waals surface area contributed by atoms with Crippen LogP contribution in [0.5, 0.6) is 0 Å². The molecule has 7 nitrogen and oxygen atoms in total. The van der Waals surface area contributed by atoms with Crippen LogP contribution in [-0.4, -0.2) is 44.5 Å². The van der Waals surface area contributed by atoms with E-state index < -0.39 is 0 Å². The number of carbonyl (C=O) groups excluding carboxylic acids is 1. The van der Waals surface area contributed by atoms with Gasteiger partial charge in [0.25, 0.3) is 0 Å². The van der Waals surface area contributed by atoms with Crippen LogP contribution in [0, 0.1) is 6.92 Å². The molecule has 2 aromatic carbocycles. The molecule has 34 heavy (non-hydrogen) atoms. The van der Waals surface area contributed by atoms with Crippen molar-refractivity contribution < 1.29 is 4.79 Å². The first-order valence-corrected chi connectivity index (χ1v) is 12.3. The Morgan fingerprint density at radius 2 is 1.68 bits per heavy atom. The summed E-state index contributed by atoms with van der Waals surface area (Å²) in [4.78, 5) is 19.1.